The first kappa shape index (κ1) is 15.0. The molecule has 0 bridgehead atoms. The summed E-state index contributed by atoms with van der Waals surface area (Å²) in [6.07, 6.45) is 0. The monoisotopic (exact) mass is 299 g/mol. The molecule has 1 fully saturated rings. The van der Waals surface area contributed by atoms with Gasteiger partial charge in [-0.25, -0.2) is 13.2 Å². The van der Waals surface area contributed by atoms with E-state index >= 15 is 0 Å². The minimum atomic E-state index is -3.60. The van der Waals surface area contributed by atoms with Crippen LogP contribution in [0.15, 0.2) is 29.2 Å². The molecule has 7 heteroatoms. The number of carboxylic acid groups (broad SMARTS) is 1. The largest absolute Gasteiger partial charge is 0.478 e. The summed E-state index contributed by atoms with van der Waals surface area (Å²) in [4.78, 5) is 13.0. The Labute approximate surface area is 117 Å². The van der Waals surface area contributed by atoms with Gasteiger partial charge in [0, 0.05) is 19.6 Å². The summed E-state index contributed by atoms with van der Waals surface area (Å²) >= 11 is 0. The summed E-state index contributed by atoms with van der Waals surface area (Å²) in [5.41, 5.74) is -0.172. The Kier molecular flexibility index (Phi) is 4.74. The van der Waals surface area contributed by atoms with Crippen LogP contribution in [0.1, 0.15) is 10.4 Å². The zero-order valence-corrected chi connectivity index (χ0v) is 11.8. The summed E-state index contributed by atoms with van der Waals surface area (Å²) in [6.45, 7) is 3.00. The van der Waals surface area contributed by atoms with Crippen LogP contribution in [0.4, 0.5) is 0 Å². The van der Waals surface area contributed by atoms with Crippen LogP contribution in [0.25, 0.3) is 0 Å². The van der Waals surface area contributed by atoms with E-state index < -0.39 is 15.8 Å². The highest BCUT2D eigenvalue weighted by Crippen LogP contribution is 2.17. The lowest BCUT2D eigenvalue weighted by atomic mass is 10.2. The van der Waals surface area contributed by atoms with Gasteiger partial charge in [0.15, 0.2) is 9.84 Å². The van der Waals surface area contributed by atoms with Crippen molar-refractivity contribution in [2.75, 3.05) is 38.6 Å². The molecule has 1 heterocycles. The van der Waals surface area contributed by atoms with Crippen LogP contribution in [0.2, 0.25) is 0 Å². The van der Waals surface area contributed by atoms with E-state index in [2.05, 4.69) is 0 Å². The number of benzene rings is 1. The van der Waals surface area contributed by atoms with Crippen molar-refractivity contribution in [3.63, 3.8) is 0 Å². The van der Waals surface area contributed by atoms with E-state index in [9.17, 15) is 13.2 Å². The average molecular weight is 299 g/mol. The summed E-state index contributed by atoms with van der Waals surface area (Å²) in [5.74, 6) is -1.31. The quantitative estimate of drug-likeness (QED) is 0.852. The summed E-state index contributed by atoms with van der Waals surface area (Å²) in [6, 6.07) is 5.71. The lowest BCUT2D eigenvalue weighted by Gasteiger charge is -2.26. The highest BCUT2D eigenvalue weighted by molar-refractivity contribution is 7.91. The fraction of sp³-hybridized carbons (Fsp3) is 0.462. The smallest absolute Gasteiger partial charge is 0.337 e. The molecule has 0 saturated carbocycles. The Morgan fingerprint density at radius 3 is 2.55 bits per heavy atom. The molecule has 1 saturated heterocycles. The van der Waals surface area contributed by atoms with Gasteiger partial charge < -0.3 is 9.84 Å². The predicted octanol–water partition coefficient (Wildman–Crippen LogP) is 0.491. The minimum Gasteiger partial charge on any atom is -0.478 e. The van der Waals surface area contributed by atoms with E-state index in [1.807, 2.05) is 4.90 Å². The fourth-order valence-corrected chi connectivity index (χ4v) is 3.59. The summed E-state index contributed by atoms with van der Waals surface area (Å²) < 4.78 is 29.8. The summed E-state index contributed by atoms with van der Waals surface area (Å²) in [7, 11) is -3.60. The van der Waals surface area contributed by atoms with Gasteiger partial charge in [0.2, 0.25) is 0 Å². The van der Waals surface area contributed by atoms with Gasteiger partial charge >= 0.3 is 5.97 Å². The van der Waals surface area contributed by atoms with E-state index in [1.165, 1.54) is 24.3 Å². The van der Waals surface area contributed by atoms with Crippen molar-refractivity contribution in [2.45, 2.75) is 4.90 Å². The average Bonchev–Trinajstić information content (AvgIpc) is 2.46. The Hall–Kier alpha value is -1.44. The number of hydrogen-bond acceptors (Lipinski definition) is 5. The number of aromatic carboxylic acids is 1. The molecule has 6 nitrogen and oxygen atoms in total. The molecule has 110 valence electrons. The molecule has 2 rings (SSSR count). The van der Waals surface area contributed by atoms with Crippen LogP contribution >= 0.6 is 0 Å². The van der Waals surface area contributed by atoms with Gasteiger partial charge in [-0.1, -0.05) is 12.1 Å². The predicted molar refractivity (Wildman–Crippen MR) is 72.7 cm³/mol. The molecule has 0 unspecified atom stereocenters. The van der Waals surface area contributed by atoms with Crippen molar-refractivity contribution < 1.29 is 23.1 Å². The Balaban J connectivity index is 2.12. The van der Waals surface area contributed by atoms with Gasteiger partial charge in [-0.05, 0) is 12.1 Å². The van der Waals surface area contributed by atoms with Gasteiger partial charge in [0.05, 0.1) is 29.4 Å². The third-order valence-corrected chi connectivity index (χ3v) is 4.98. The molecule has 1 aromatic rings. The van der Waals surface area contributed by atoms with Crippen LogP contribution in [-0.4, -0.2) is 63.0 Å². The third-order valence-electron chi connectivity index (χ3n) is 3.23. The highest BCUT2D eigenvalue weighted by Gasteiger charge is 2.23. The Morgan fingerprint density at radius 1 is 1.25 bits per heavy atom. The molecule has 0 spiro atoms. The standard InChI is InChI=1S/C13H17NO5S/c15-13(16)11-3-1-2-4-12(11)20(17,18)10-7-14-5-8-19-9-6-14/h1-4H,5-10H2,(H,15,16). The van der Waals surface area contributed by atoms with E-state index in [-0.39, 0.29) is 16.2 Å². The van der Waals surface area contributed by atoms with Crippen LogP contribution in [-0.2, 0) is 14.6 Å². The molecular weight excluding hydrogens is 282 g/mol. The number of morpholine rings is 1. The molecular formula is C13H17NO5S. The second-order valence-electron chi connectivity index (χ2n) is 4.57. The van der Waals surface area contributed by atoms with Crippen molar-refractivity contribution >= 4 is 15.8 Å². The van der Waals surface area contributed by atoms with E-state index in [1.54, 1.807) is 0 Å². The van der Waals surface area contributed by atoms with Crippen molar-refractivity contribution in [2.24, 2.45) is 0 Å². The zero-order valence-electron chi connectivity index (χ0n) is 11.0. The zero-order chi connectivity index (χ0) is 14.6. The highest BCUT2D eigenvalue weighted by atomic mass is 32.2. The molecule has 20 heavy (non-hydrogen) atoms. The normalized spacial score (nSPS) is 17.0. The SMILES string of the molecule is O=C(O)c1ccccc1S(=O)(=O)CCN1CCOCC1. The number of hydrogen-bond donors (Lipinski definition) is 1. The third kappa shape index (κ3) is 3.56. The van der Waals surface area contributed by atoms with Gasteiger partial charge in [-0.2, -0.15) is 0 Å². The molecule has 1 N–H and O–H groups in total. The van der Waals surface area contributed by atoms with E-state index in [4.69, 9.17) is 9.84 Å². The number of sulfone groups is 1. The maximum Gasteiger partial charge on any atom is 0.337 e. The van der Waals surface area contributed by atoms with E-state index in [0.29, 0.717) is 32.8 Å². The lowest BCUT2D eigenvalue weighted by molar-refractivity contribution is 0.0408. The van der Waals surface area contributed by atoms with Crippen molar-refractivity contribution in [1.29, 1.82) is 0 Å². The van der Waals surface area contributed by atoms with Gasteiger partial charge in [-0.15, -0.1) is 0 Å². The molecule has 1 aliphatic heterocycles. The topological polar surface area (TPSA) is 83.9 Å². The van der Waals surface area contributed by atoms with Crippen LogP contribution in [0, 0.1) is 0 Å². The molecule has 0 aliphatic carbocycles. The maximum atomic E-state index is 12.3. The first-order chi connectivity index (χ1) is 9.50. The van der Waals surface area contributed by atoms with Gasteiger partial charge in [0.25, 0.3) is 0 Å². The molecule has 0 radical (unpaired) electrons. The number of rotatable bonds is 5. The maximum absolute atomic E-state index is 12.3. The Morgan fingerprint density at radius 2 is 1.90 bits per heavy atom. The molecule has 1 aliphatic rings. The van der Waals surface area contributed by atoms with Gasteiger partial charge in [0.1, 0.15) is 0 Å². The molecule has 0 amide bonds. The fourth-order valence-electron chi connectivity index (χ4n) is 2.10. The second-order valence-corrected chi connectivity index (χ2v) is 6.65. The molecule has 0 aromatic heterocycles. The molecule has 0 atom stereocenters. The number of carbonyl (C=O) groups is 1. The van der Waals surface area contributed by atoms with Gasteiger partial charge in [-0.3, -0.25) is 4.90 Å². The van der Waals surface area contributed by atoms with Crippen molar-refractivity contribution in [3.05, 3.63) is 29.8 Å². The number of nitrogens with zero attached hydrogens (tertiary/aromatic N) is 1. The minimum absolute atomic E-state index is 0.0860. The first-order valence-electron chi connectivity index (χ1n) is 6.36. The number of carboxylic acids is 1. The van der Waals surface area contributed by atoms with Crippen molar-refractivity contribution in [3.8, 4) is 0 Å². The van der Waals surface area contributed by atoms with Crippen LogP contribution in [0.3, 0.4) is 0 Å². The molecule has 1 aromatic carbocycles. The van der Waals surface area contributed by atoms with E-state index in [0.717, 1.165) is 0 Å². The Bertz CT molecular complexity index is 578. The van der Waals surface area contributed by atoms with Crippen LogP contribution < -0.4 is 0 Å². The summed E-state index contributed by atoms with van der Waals surface area (Å²) in [5, 5.41) is 9.05. The lowest BCUT2D eigenvalue weighted by Crippen LogP contribution is -2.39. The number of ether oxygens (including phenoxy) is 1. The van der Waals surface area contributed by atoms with Crippen LogP contribution in [0.5, 0.6) is 0 Å². The first-order valence-corrected chi connectivity index (χ1v) is 8.01. The second kappa shape index (κ2) is 6.34. The van der Waals surface area contributed by atoms with Crippen molar-refractivity contribution in [1.82, 2.24) is 4.90 Å².